The molecule has 280 valence electrons. The van der Waals surface area contributed by atoms with E-state index in [9.17, 15) is 14.7 Å². The van der Waals surface area contributed by atoms with Gasteiger partial charge in [-0.1, -0.05) is 47.5 Å². The van der Waals surface area contributed by atoms with E-state index in [0.717, 1.165) is 22.5 Å². The lowest BCUT2D eigenvalue weighted by Crippen LogP contribution is -2.26. The van der Waals surface area contributed by atoms with E-state index in [2.05, 4.69) is 27.2 Å². The summed E-state index contributed by atoms with van der Waals surface area (Å²) in [7, 11) is 2.82. The van der Waals surface area contributed by atoms with Crippen LogP contribution in [-0.4, -0.2) is 71.8 Å². The number of hydrogen-bond donors (Lipinski definition) is 1. The Morgan fingerprint density at radius 3 is 1.51 bits per heavy atom. The van der Waals surface area contributed by atoms with Gasteiger partial charge in [0, 0.05) is 44.8 Å². The third-order valence-electron chi connectivity index (χ3n) is 7.63. The maximum absolute atomic E-state index is 12.5. The van der Waals surface area contributed by atoms with Crippen LogP contribution in [0.15, 0.2) is 72.2 Å². The Morgan fingerprint density at radius 1 is 0.736 bits per heavy atom. The minimum absolute atomic E-state index is 0.0581. The summed E-state index contributed by atoms with van der Waals surface area (Å²) in [6.07, 6.45) is 0. The zero-order valence-corrected chi connectivity index (χ0v) is 33.7. The molecule has 0 atom stereocenters. The van der Waals surface area contributed by atoms with Crippen molar-refractivity contribution in [2.75, 3.05) is 14.2 Å². The Balaban J connectivity index is 0.000000212. The summed E-state index contributed by atoms with van der Waals surface area (Å²) in [5, 5.41) is 20.4. The van der Waals surface area contributed by atoms with E-state index in [-0.39, 0.29) is 32.7 Å². The zero-order chi connectivity index (χ0) is 39.4. The van der Waals surface area contributed by atoms with E-state index in [1.165, 1.54) is 23.6 Å². The molecular weight excluding hydrogens is 787 g/mol. The number of rotatable bonds is 5. The second-order valence-electron chi connectivity index (χ2n) is 12.4. The van der Waals surface area contributed by atoms with E-state index in [4.69, 9.17) is 66.0 Å². The second kappa shape index (κ2) is 16.7. The minimum Gasteiger partial charge on any atom is -0.506 e. The van der Waals surface area contributed by atoms with Gasteiger partial charge in [0.05, 0.1) is 25.6 Å². The molecule has 0 amide bonds. The van der Waals surface area contributed by atoms with Crippen LogP contribution in [0.25, 0.3) is 33.9 Å². The van der Waals surface area contributed by atoms with Crippen molar-refractivity contribution in [3.8, 4) is 22.5 Å². The van der Waals surface area contributed by atoms with Crippen LogP contribution in [0.5, 0.6) is 0 Å². The molecule has 17 heteroatoms. The smallest absolute Gasteiger partial charge is 0.361 e. The van der Waals surface area contributed by atoms with Crippen molar-refractivity contribution in [1.82, 2.24) is 19.6 Å². The van der Waals surface area contributed by atoms with Crippen LogP contribution >= 0.6 is 59.2 Å². The number of hydrogen-bond acceptors (Lipinski definition) is 12. The molecule has 0 saturated heterocycles. The zero-order valence-electron chi connectivity index (χ0n) is 29.8. The first-order valence-electron chi connectivity index (χ1n) is 15.6. The molecule has 0 radical (unpaired) electrons. The average Bonchev–Trinajstić information content (AvgIpc) is 3.78. The number of cyclic esters (lactones) is 2. The predicted molar refractivity (Wildman–Crippen MR) is 210 cm³/mol. The SMILES string of the molecule is COC(=S)Cl.COC(=S)OC1=C(n2nc(-c3ccc(Cl)cc3)cc2C)C(=O)OC1(C)C.Cc1cc(-c2ccc(Cl)cc2)nn1C1=C(O)C(C)(C)OC1=O. The third-order valence-corrected chi connectivity index (χ3v) is 8.70. The summed E-state index contributed by atoms with van der Waals surface area (Å²) in [5.41, 5.74) is 2.79. The number of ether oxygens (including phenoxy) is 5. The van der Waals surface area contributed by atoms with E-state index in [1.807, 2.05) is 50.2 Å². The van der Waals surface area contributed by atoms with Gasteiger partial charge in [0.25, 0.3) is 4.51 Å². The largest absolute Gasteiger partial charge is 0.506 e. The van der Waals surface area contributed by atoms with Gasteiger partial charge < -0.3 is 28.8 Å². The van der Waals surface area contributed by atoms with Crippen molar-refractivity contribution in [3.63, 3.8) is 0 Å². The molecule has 53 heavy (non-hydrogen) atoms. The van der Waals surface area contributed by atoms with Gasteiger partial charge in [0.15, 0.2) is 34.1 Å². The topological polar surface area (TPSA) is 136 Å². The molecule has 2 aromatic heterocycles. The average molecular weight is 822 g/mol. The standard InChI is InChI=1S/C18H17ClN2O4S.C16H15ClN2O3.C2H3ClOS/c1-10-9-13(11-5-7-12(19)8-6-11)20-21(10)14-15(24-17(26)23-4)18(2,3)25-16(14)22;1-9-8-12(10-4-6-11(17)7-5-10)18-19(9)13-14(20)16(2,3)22-15(13)21;1-4-2(3)5/h5-9H,1-4H3;4-8,20H,1-3H3;1H3. The summed E-state index contributed by atoms with van der Waals surface area (Å²) in [6, 6.07) is 18.2. The number of thiocarbonyl (C=S) groups is 2. The van der Waals surface area contributed by atoms with Crippen LogP contribution in [0.1, 0.15) is 39.1 Å². The minimum atomic E-state index is -1.04. The first kappa shape index (κ1) is 41.3. The van der Waals surface area contributed by atoms with Crippen LogP contribution in [-0.2, 0) is 33.3 Å². The van der Waals surface area contributed by atoms with Crippen molar-refractivity contribution in [3.05, 3.63) is 93.6 Å². The lowest BCUT2D eigenvalue weighted by molar-refractivity contribution is -0.145. The Bertz CT molecular complexity index is 2120. The third kappa shape index (κ3) is 9.56. The maximum atomic E-state index is 12.5. The van der Waals surface area contributed by atoms with Gasteiger partial charge in [-0.05, 0) is 102 Å². The summed E-state index contributed by atoms with van der Waals surface area (Å²) in [5.74, 6) is -0.997. The van der Waals surface area contributed by atoms with Crippen LogP contribution in [0.4, 0.5) is 0 Å². The number of aryl methyl sites for hydroxylation is 2. The highest BCUT2D eigenvalue weighted by Gasteiger charge is 2.45. The van der Waals surface area contributed by atoms with Gasteiger partial charge in [-0.2, -0.15) is 10.2 Å². The molecule has 4 aromatic rings. The molecule has 0 aliphatic carbocycles. The van der Waals surface area contributed by atoms with Gasteiger partial charge in [-0.25, -0.2) is 19.0 Å². The highest BCUT2D eigenvalue weighted by Crippen LogP contribution is 2.37. The van der Waals surface area contributed by atoms with Crippen LogP contribution < -0.4 is 0 Å². The molecule has 2 aromatic carbocycles. The number of nitrogens with zero attached hydrogens (tertiary/aromatic N) is 4. The van der Waals surface area contributed by atoms with Crippen LogP contribution in [0.2, 0.25) is 10.0 Å². The molecule has 0 fully saturated rings. The van der Waals surface area contributed by atoms with Gasteiger partial charge in [0.2, 0.25) is 0 Å². The number of halogens is 3. The molecule has 0 saturated carbocycles. The molecule has 2 aliphatic rings. The molecule has 0 spiro atoms. The number of aliphatic hydroxyl groups excluding tert-OH is 1. The molecular formula is C36H35Cl3N4O8S2. The maximum Gasteiger partial charge on any atom is 0.361 e. The summed E-state index contributed by atoms with van der Waals surface area (Å²) in [4.78, 5) is 24.5. The van der Waals surface area contributed by atoms with Crippen molar-refractivity contribution in [2.24, 2.45) is 0 Å². The fraction of sp³-hybridized carbons (Fsp3) is 0.278. The highest BCUT2D eigenvalue weighted by atomic mass is 35.5. The number of methoxy groups -OCH3 is 2. The molecule has 0 bridgehead atoms. The van der Waals surface area contributed by atoms with E-state index >= 15 is 0 Å². The summed E-state index contributed by atoms with van der Waals surface area (Å²) in [6.45, 7) is 10.3. The van der Waals surface area contributed by atoms with Crippen molar-refractivity contribution >= 4 is 92.3 Å². The predicted octanol–water partition coefficient (Wildman–Crippen LogP) is 8.69. The number of carbonyl (C=O) groups excluding carboxylic acids is 2. The molecule has 2 aliphatic heterocycles. The summed E-state index contributed by atoms with van der Waals surface area (Å²) >= 11 is 26.0. The van der Waals surface area contributed by atoms with Crippen LogP contribution in [0, 0.1) is 13.8 Å². The first-order valence-corrected chi connectivity index (χ1v) is 17.5. The Hall–Kier alpha value is -4.47. The quantitative estimate of drug-likeness (QED) is 0.117. The van der Waals surface area contributed by atoms with Crippen LogP contribution in [0.3, 0.4) is 0 Å². The van der Waals surface area contributed by atoms with Gasteiger partial charge in [0.1, 0.15) is 0 Å². The number of aliphatic hydroxyl groups is 1. The van der Waals surface area contributed by atoms with E-state index < -0.39 is 23.1 Å². The fourth-order valence-corrected chi connectivity index (χ4v) is 5.34. The lowest BCUT2D eigenvalue weighted by Gasteiger charge is -2.20. The van der Waals surface area contributed by atoms with E-state index in [1.54, 1.807) is 52.0 Å². The Morgan fingerprint density at radius 2 is 1.13 bits per heavy atom. The molecule has 12 nitrogen and oxygen atoms in total. The molecule has 6 rings (SSSR count). The van der Waals surface area contributed by atoms with E-state index in [0.29, 0.717) is 21.4 Å². The molecule has 4 heterocycles. The van der Waals surface area contributed by atoms with Gasteiger partial charge in [-0.3, -0.25) is 0 Å². The number of carbonyl (C=O) groups is 2. The van der Waals surface area contributed by atoms with Crippen molar-refractivity contribution < 1.29 is 38.4 Å². The van der Waals surface area contributed by atoms with Crippen molar-refractivity contribution in [1.29, 1.82) is 0 Å². The second-order valence-corrected chi connectivity index (χ2v) is 14.5. The lowest BCUT2D eigenvalue weighted by atomic mass is 10.1. The molecule has 0 unspecified atom stereocenters. The number of aromatic nitrogens is 4. The Labute approximate surface area is 331 Å². The summed E-state index contributed by atoms with van der Waals surface area (Å²) < 4.78 is 28.3. The normalized spacial score (nSPS) is 15.5. The molecule has 1 N–H and O–H groups in total. The first-order chi connectivity index (χ1) is 24.8. The highest BCUT2D eigenvalue weighted by molar-refractivity contribution is 7.82. The number of esters is 2. The monoisotopic (exact) mass is 820 g/mol. The fourth-order valence-electron chi connectivity index (χ4n) is 5.01. The Kier molecular flexibility index (Phi) is 13.0. The van der Waals surface area contributed by atoms with Gasteiger partial charge in [-0.15, -0.1) is 0 Å². The number of benzene rings is 2. The van der Waals surface area contributed by atoms with Crippen molar-refractivity contribution in [2.45, 2.75) is 52.7 Å². The van der Waals surface area contributed by atoms with Gasteiger partial charge >= 0.3 is 17.2 Å².